The van der Waals surface area contributed by atoms with E-state index in [1.807, 2.05) is 11.0 Å². The zero-order chi connectivity index (χ0) is 11.0. The molecular weight excluding hydrogens is 256 g/mol. The van der Waals surface area contributed by atoms with Crippen molar-refractivity contribution < 1.29 is 4.79 Å². The van der Waals surface area contributed by atoms with Crippen molar-refractivity contribution in [3.8, 4) is 0 Å². The zero-order valence-corrected chi connectivity index (χ0v) is 10.5. The summed E-state index contributed by atoms with van der Waals surface area (Å²) in [4.78, 5) is 17.0. The molecule has 0 aliphatic carbocycles. The lowest BCUT2D eigenvalue weighted by Crippen LogP contribution is -2.34. The summed E-state index contributed by atoms with van der Waals surface area (Å²) in [7, 11) is 0. The van der Waals surface area contributed by atoms with Crippen molar-refractivity contribution >= 4 is 21.8 Å². The van der Waals surface area contributed by atoms with Crippen molar-refractivity contribution in [3.05, 3.63) is 22.4 Å². The summed E-state index contributed by atoms with van der Waals surface area (Å²) in [5, 5.41) is 0. The Balaban J connectivity index is 2.15. The van der Waals surface area contributed by atoms with Crippen molar-refractivity contribution in [3.63, 3.8) is 0 Å². The van der Waals surface area contributed by atoms with Crippen molar-refractivity contribution in [1.29, 1.82) is 0 Å². The van der Waals surface area contributed by atoms with Crippen LogP contribution < -0.4 is 0 Å². The molecule has 2 unspecified atom stereocenters. The molecule has 3 nitrogen and oxygen atoms in total. The van der Waals surface area contributed by atoms with Gasteiger partial charge in [-0.25, -0.2) is 0 Å². The molecule has 1 aromatic rings. The first kappa shape index (κ1) is 10.7. The SMILES string of the molecule is CC1CC(C)N(C(=O)c2cc(Br)c[nH]2)C1. The molecule has 0 aromatic carbocycles. The fourth-order valence-electron chi connectivity index (χ4n) is 2.23. The summed E-state index contributed by atoms with van der Waals surface area (Å²) in [6.45, 7) is 5.17. The van der Waals surface area contributed by atoms with E-state index in [1.165, 1.54) is 0 Å². The number of hydrogen-bond acceptors (Lipinski definition) is 1. The van der Waals surface area contributed by atoms with E-state index in [2.05, 4.69) is 34.8 Å². The number of rotatable bonds is 1. The van der Waals surface area contributed by atoms with Crippen molar-refractivity contribution in [2.75, 3.05) is 6.54 Å². The van der Waals surface area contributed by atoms with E-state index in [0.29, 0.717) is 17.7 Å². The topological polar surface area (TPSA) is 36.1 Å². The van der Waals surface area contributed by atoms with E-state index in [9.17, 15) is 4.79 Å². The van der Waals surface area contributed by atoms with Crippen LogP contribution in [-0.2, 0) is 0 Å². The molecule has 0 radical (unpaired) electrons. The Morgan fingerprint density at radius 1 is 1.60 bits per heavy atom. The first-order chi connectivity index (χ1) is 7.08. The molecule has 1 N–H and O–H groups in total. The molecule has 1 aromatic heterocycles. The van der Waals surface area contributed by atoms with Gasteiger partial charge in [0.05, 0.1) is 0 Å². The maximum absolute atomic E-state index is 12.1. The van der Waals surface area contributed by atoms with Crippen LogP contribution in [0.3, 0.4) is 0 Å². The van der Waals surface area contributed by atoms with E-state index in [4.69, 9.17) is 0 Å². The number of carbonyl (C=O) groups excluding carboxylic acids is 1. The lowest BCUT2D eigenvalue weighted by Gasteiger charge is -2.20. The van der Waals surface area contributed by atoms with Gasteiger partial charge in [0.2, 0.25) is 0 Å². The quantitative estimate of drug-likeness (QED) is 0.837. The fraction of sp³-hybridized carbons (Fsp3) is 0.545. The van der Waals surface area contributed by atoms with Crippen LogP contribution in [0.5, 0.6) is 0 Å². The average molecular weight is 271 g/mol. The maximum atomic E-state index is 12.1. The van der Waals surface area contributed by atoms with Gasteiger partial charge in [0.25, 0.3) is 5.91 Å². The van der Waals surface area contributed by atoms with Gasteiger partial charge in [0, 0.05) is 23.3 Å². The third-order valence-electron chi connectivity index (χ3n) is 2.92. The number of halogens is 1. The predicted molar refractivity (Wildman–Crippen MR) is 62.8 cm³/mol. The number of hydrogen-bond donors (Lipinski definition) is 1. The Labute approximate surface area is 98.0 Å². The predicted octanol–water partition coefficient (Wildman–Crippen LogP) is 2.65. The molecule has 1 amide bonds. The molecule has 1 aliphatic rings. The van der Waals surface area contributed by atoms with Gasteiger partial charge in [-0.3, -0.25) is 4.79 Å². The Kier molecular flexibility index (Phi) is 2.87. The molecule has 1 fully saturated rings. The van der Waals surface area contributed by atoms with Gasteiger partial charge in [-0.15, -0.1) is 0 Å². The molecule has 4 heteroatoms. The minimum atomic E-state index is 0.109. The Morgan fingerprint density at radius 2 is 2.33 bits per heavy atom. The summed E-state index contributed by atoms with van der Waals surface area (Å²) >= 11 is 3.33. The number of amides is 1. The van der Waals surface area contributed by atoms with Crippen LogP contribution in [0.1, 0.15) is 30.8 Å². The maximum Gasteiger partial charge on any atom is 0.270 e. The second kappa shape index (κ2) is 4.00. The van der Waals surface area contributed by atoms with Gasteiger partial charge in [0.15, 0.2) is 0 Å². The lowest BCUT2D eigenvalue weighted by atomic mass is 10.1. The van der Waals surface area contributed by atoms with Gasteiger partial charge < -0.3 is 9.88 Å². The third-order valence-corrected chi connectivity index (χ3v) is 3.38. The van der Waals surface area contributed by atoms with Crippen LogP contribution in [0.2, 0.25) is 0 Å². The van der Waals surface area contributed by atoms with Gasteiger partial charge in [0.1, 0.15) is 5.69 Å². The Bertz CT molecular complexity index is 374. The Morgan fingerprint density at radius 3 is 2.80 bits per heavy atom. The first-order valence-electron chi connectivity index (χ1n) is 5.23. The fourth-order valence-corrected chi connectivity index (χ4v) is 2.57. The molecule has 2 atom stereocenters. The standard InChI is InChI=1S/C11H15BrN2O/c1-7-3-8(2)14(6-7)11(15)10-4-9(12)5-13-10/h4-5,7-8,13H,3,6H2,1-2H3. The van der Waals surface area contributed by atoms with Gasteiger partial charge >= 0.3 is 0 Å². The van der Waals surface area contributed by atoms with Crippen LogP contribution in [0.15, 0.2) is 16.7 Å². The molecule has 0 saturated carbocycles. The number of aromatic amines is 1. The minimum Gasteiger partial charge on any atom is -0.356 e. The number of likely N-dealkylation sites (tertiary alicyclic amines) is 1. The van der Waals surface area contributed by atoms with Crippen molar-refractivity contribution in [2.45, 2.75) is 26.3 Å². The number of H-pyrrole nitrogens is 1. The second-order valence-corrected chi connectivity index (χ2v) is 5.29. The molecule has 2 heterocycles. The smallest absolute Gasteiger partial charge is 0.270 e. The zero-order valence-electron chi connectivity index (χ0n) is 8.96. The summed E-state index contributed by atoms with van der Waals surface area (Å²) < 4.78 is 0.922. The molecule has 15 heavy (non-hydrogen) atoms. The van der Waals surface area contributed by atoms with E-state index in [-0.39, 0.29) is 5.91 Å². The number of carbonyl (C=O) groups is 1. The van der Waals surface area contributed by atoms with E-state index < -0.39 is 0 Å². The van der Waals surface area contributed by atoms with Crippen LogP contribution in [0, 0.1) is 5.92 Å². The largest absolute Gasteiger partial charge is 0.356 e. The average Bonchev–Trinajstić information content (AvgIpc) is 2.71. The summed E-state index contributed by atoms with van der Waals surface area (Å²) in [6, 6.07) is 2.19. The number of aromatic nitrogens is 1. The van der Waals surface area contributed by atoms with E-state index in [1.54, 1.807) is 6.20 Å². The van der Waals surface area contributed by atoms with Crippen LogP contribution >= 0.6 is 15.9 Å². The highest BCUT2D eigenvalue weighted by atomic mass is 79.9. The summed E-state index contributed by atoms with van der Waals surface area (Å²) in [5.41, 5.74) is 0.669. The second-order valence-electron chi connectivity index (χ2n) is 4.38. The minimum absolute atomic E-state index is 0.109. The molecule has 0 bridgehead atoms. The number of nitrogens with one attached hydrogen (secondary N) is 1. The molecule has 1 saturated heterocycles. The number of nitrogens with zero attached hydrogens (tertiary/aromatic N) is 1. The van der Waals surface area contributed by atoms with Gasteiger partial charge in [-0.1, -0.05) is 6.92 Å². The third kappa shape index (κ3) is 2.09. The monoisotopic (exact) mass is 270 g/mol. The molecule has 82 valence electrons. The highest BCUT2D eigenvalue weighted by molar-refractivity contribution is 9.10. The summed E-state index contributed by atoms with van der Waals surface area (Å²) in [6.07, 6.45) is 2.89. The normalized spacial score (nSPS) is 25.9. The highest BCUT2D eigenvalue weighted by Crippen LogP contribution is 2.24. The van der Waals surface area contributed by atoms with Crippen molar-refractivity contribution in [1.82, 2.24) is 9.88 Å². The van der Waals surface area contributed by atoms with Crippen LogP contribution in [0.4, 0.5) is 0 Å². The molecular formula is C11H15BrN2O. The van der Waals surface area contributed by atoms with Crippen LogP contribution in [-0.4, -0.2) is 28.4 Å². The molecule has 1 aliphatic heterocycles. The van der Waals surface area contributed by atoms with Gasteiger partial charge in [-0.05, 0) is 41.3 Å². The molecule has 0 spiro atoms. The van der Waals surface area contributed by atoms with Gasteiger partial charge in [-0.2, -0.15) is 0 Å². The highest BCUT2D eigenvalue weighted by Gasteiger charge is 2.30. The first-order valence-corrected chi connectivity index (χ1v) is 6.02. The lowest BCUT2D eigenvalue weighted by molar-refractivity contribution is 0.0738. The van der Waals surface area contributed by atoms with E-state index >= 15 is 0 Å². The van der Waals surface area contributed by atoms with E-state index in [0.717, 1.165) is 17.4 Å². The molecule has 2 rings (SSSR count). The van der Waals surface area contributed by atoms with Crippen molar-refractivity contribution in [2.24, 2.45) is 5.92 Å². The Hall–Kier alpha value is -0.770. The summed E-state index contributed by atoms with van der Waals surface area (Å²) in [5.74, 6) is 0.722. The van der Waals surface area contributed by atoms with Crippen LogP contribution in [0.25, 0.3) is 0 Å².